The summed E-state index contributed by atoms with van der Waals surface area (Å²) in [5.74, 6) is 0. The van der Waals surface area contributed by atoms with Crippen LogP contribution < -0.4 is 16.0 Å². The van der Waals surface area contributed by atoms with Crippen molar-refractivity contribution in [3.8, 4) is 0 Å². The molecule has 0 atom stereocenters. The Hall–Kier alpha value is -0.120. The van der Waals surface area contributed by atoms with Crippen molar-refractivity contribution in [1.82, 2.24) is 16.0 Å². The minimum Gasteiger partial charge on any atom is -0.315 e. The van der Waals surface area contributed by atoms with Crippen LogP contribution in [-0.4, -0.2) is 39.3 Å². The van der Waals surface area contributed by atoms with Crippen LogP contribution in [0.1, 0.15) is 54.4 Å². The zero-order chi connectivity index (χ0) is 14.8. The third-order valence-corrected chi connectivity index (χ3v) is 3.06. The lowest BCUT2D eigenvalue weighted by Gasteiger charge is -2.18. The SMILES string of the molecule is CC(C)(C)CCNCCNCCNCCC(C)(C)C. The standard InChI is InChI=1S/C16H37N3/c1-15(2,3)7-9-17-11-13-19-14-12-18-10-8-16(4,5)6/h17-19H,7-14H2,1-6H3. The molecular weight excluding hydrogens is 234 g/mol. The van der Waals surface area contributed by atoms with E-state index >= 15 is 0 Å². The van der Waals surface area contributed by atoms with E-state index in [1.165, 1.54) is 12.8 Å². The Morgan fingerprint density at radius 1 is 0.474 bits per heavy atom. The van der Waals surface area contributed by atoms with E-state index in [0.29, 0.717) is 10.8 Å². The third-order valence-electron chi connectivity index (χ3n) is 3.06. The molecule has 3 heteroatoms. The van der Waals surface area contributed by atoms with E-state index < -0.39 is 0 Å². The first-order chi connectivity index (χ1) is 8.71. The van der Waals surface area contributed by atoms with Gasteiger partial charge < -0.3 is 16.0 Å². The molecule has 0 spiro atoms. The highest BCUT2D eigenvalue weighted by Gasteiger charge is 2.09. The van der Waals surface area contributed by atoms with Gasteiger partial charge >= 0.3 is 0 Å². The zero-order valence-electron chi connectivity index (χ0n) is 14.2. The Balaban J connectivity index is 3.12. The molecule has 0 heterocycles. The van der Waals surface area contributed by atoms with E-state index in [9.17, 15) is 0 Å². The lowest BCUT2D eigenvalue weighted by atomic mass is 9.92. The molecule has 0 aliphatic carbocycles. The summed E-state index contributed by atoms with van der Waals surface area (Å²) in [7, 11) is 0. The Labute approximate surface area is 121 Å². The van der Waals surface area contributed by atoms with E-state index in [-0.39, 0.29) is 0 Å². The molecule has 0 amide bonds. The first-order valence-corrected chi connectivity index (χ1v) is 7.83. The minimum atomic E-state index is 0.442. The van der Waals surface area contributed by atoms with E-state index in [4.69, 9.17) is 0 Å². The Bertz CT molecular complexity index is 179. The molecule has 0 aromatic heterocycles. The van der Waals surface area contributed by atoms with Crippen LogP contribution in [0.4, 0.5) is 0 Å². The quantitative estimate of drug-likeness (QED) is 0.535. The van der Waals surface area contributed by atoms with Crippen molar-refractivity contribution in [2.45, 2.75) is 54.4 Å². The summed E-state index contributed by atoms with van der Waals surface area (Å²) in [6, 6.07) is 0. The smallest absolute Gasteiger partial charge is 0.00772 e. The van der Waals surface area contributed by atoms with E-state index in [2.05, 4.69) is 57.5 Å². The largest absolute Gasteiger partial charge is 0.315 e. The van der Waals surface area contributed by atoms with Crippen LogP contribution in [0.25, 0.3) is 0 Å². The second-order valence-electron chi connectivity index (χ2n) is 7.87. The van der Waals surface area contributed by atoms with Gasteiger partial charge in [-0.15, -0.1) is 0 Å². The highest BCUT2D eigenvalue weighted by Crippen LogP contribution is 2.17. The van der Waals surface area contributed by atoms with Gasteiger partial charge in [-0.3, -0.25) is 0 Å². The van der Waals surface area contributed by atoms with Crippen LogP contribution >= 0.6 is 0 Å². The molecule has 0 bridgehead atoms. The van der Waals surface area contributed by atoms with Gasteiger partial charge in [-0.25, -0.2) is 0 Å². The lowest BCUT2D eigenvalue weighted by Crippen LogP contribution is -2.34. The van der Waals surface area contributed by atoms with Gasteiger partial charge in [0.15, 0.2) is 0 Å². The maximum absolute atomic E-state index is 3.48. The van der Waals surface area contributed by atoms with E-state index in [0.717, 1.165) is 39.3 Å². The highest BCUT2D eigenvalue weighted by molar-refractivity contribution is 4.65. The third kappa shape index (κ3) is 17.9. The number of rotatable bonds is 10. The topological polar surface area (TPSA) is 36.1 Å². The van der Waals surface area contributed by atoms with Gasteiger partial charge in [-0.05, 0) is 36.8 Å². The number of hydrogen-bond donors (Lipinski definition) is 3. The van der Waals surface area contributed by atoms with Crippen LogP contribution in [0.3, 0.4) is 0 Å². The van der Waals surface area contributed by atoms with Crippen molar-refractivity contribution < 1.29 is 0 Å². The summed E-state index contributed by atoms with van der Waals surface area (Å²) in [5.41, 5.74) is 0.884. The molecule has 0 saturated heterocycles. The van der Waals surface area contributed by atoms with Gasteiger partial charge in [0.05, 0.1) is 0 Å². The van der Waals surface area contributed by atoms with Crippen molar-refractivity contribution >= 4 is 0 Å². The second-order valence-corrected chi connectivity index (χ2v) is 7.87. The molecule has 0 aromatic rings. The predicted molar refractivity (Wildman–Crippen MR) is 86.8 cm³/mol. The molecule has 116 valence electrons. The molecule has 3 nitrogen and oxygen atoms in total. The Morgan fingerprint density at radius 2 is 0.737 bits per heavy atom. The van der Waals surface area contributed by atoms with Crippen LogP contribution in [0.2, 0.25) is 0 Å². The zero-order valence-corrected chi connectivity index (χ0v) is 14.2. The van der Waals surface area contributed by atoms with Gasteiger partial charge in [0.2, 0.25) is 0 Å². The first kappa shape index (κ1) is 18.9. The fraction of sp³-hybridized carbons (Fsp3) is 1.00. The number of nitrogens with one attached hydrogen (secondary N) is 3. The average Bonchev–Trinajstić information content (AvgIpc) is 2.22. The van der Waals surface area contributed by atoms with Crippen molar-refractivity contribution in [3.05, 3.63) is 0 Å². The summed E-state index contributed by atoms with van der Waals surface area (Å²) in [5, 5.41) is 10.4. The second kappa shape index (κ2) is 9.73. The minimum absolute atomic E-state index is 0.442. The molecule has 0 aliphatic heterocycles. The molecule has 0 fully saturated rings. The fourth-order valence-electron chi connectivity index (χ4n) is 1.66. The van der Waals surface area contributed by atoms with Crippen molar-refractivity contribution in [2.24, 2.45) is 10.8 Å². The molecule has 0 rings (SSSR count). The summed E-state index contributed by atoms with van der Waals surface area (Å²) in [6.07, 6.45) is 2.47. The van der Waals surface area contributed by atoms with Crippen LogP contribution in [0.15, 0.2) is 0 Å². The van der Waals surface area contributed by atoms with Crippen LogP contribution in [-0.2, 0) is 0 Å². The molecule has 0 saturated carbocycles. The molecule has 0 aliphatic rings. The Morgan fingerprint density at radius 3 is 1.00 bits per heavy atom. The monoisotopic (exact) mass is 271 g/mol. The summed E-state index contributed by atoms with van der Waals surface area (Å²) < 4.78 is 0. The molecular formula is C16H37N3. The van der Waals surface area contributed by atoms with Crippen molar-refractivity contribution in [2.75, 3.05) is 39.3 Å². The molecule has 0 radical (unpaired) electrons. The van der Waals surface area contributed by atoms with Crippen molar-refractivity contribution in [3.63, 3.8) is 0 Å². The molecule has 0 unspecified atom stereocenters. The van der Waals surface area contributed by atoms with Gasteiger partial charge in [-0.1, -0.05) is 41.5 Å². The molecule has 3 N–H and O–H groups in total. The molecule has 19 heavy (non-hydrogen) atoms. The van der Waals surface area contributed by atoms with Crippen LogP contribution in [0, 0.1) is 10.8 Å². The molecule has 0 aromatic carbocycles. The lowest BCUT2D eigenvalue weighted by molar-refractivity contribution is 0.364. The van der Waals surface area contributed by atoms with E-state index in [1.807, 2.05) is 0 Å². The van der Waals surface area contributed by atoms with Crippen LogP contribution in [0.5, 0.6) is 0 Å². The fourth-order valence-corrected chi connectivity index (χ4v) is 1.66. The average molecular weight is 271 g/mol. The number of hydrogen-bond acceptors (Lipinski definition) is 3. The maximum Gasteiger partial charge on any atom is 0.00772 e. The van der Waals surface area contributed by atoms with Gasteiger partial charge in [0.1, 0.15) is 0 Å². The first-order valence-electron chi connectivity index (χ1n) is 7.83. The van der Waals surface area contributed by atoms with Gasteiger partial charge in [0, 0.05) is 26.2 Å². The summed E-state index contributed by atoms with van der Waals surface area (Å²) in [4.78, 5) is 0. The summed E-state index contributed by atoms with van der Waals surface area (Å²) in [6.45, 7) is 20.2. The van der Waals surface area contributed by atoms with Gasteiger partial charge in [0.25, 0.3) is 0 Å². The predicted octanol–water partition coefficient (Wildman–Crippen LogP) is 2.63. The van der Waals surface area contributed by atoms with Gasteiger partial charge in [-0.2, -0.15) is 0 Å². The maximum atomic E-state index is 3.48. The normalized spacial score (nSPS) is 12.9. The Kier molecular flexibility index (Phi) is 9.67. The van der Waals surface area contributed by atoms with E-state index in [1.54, 1.807) is 0 Å². The van der Waals surface area contributed by atoms with Crippen molar-refractivity contribution in [1.29, 1.82) is 0 Å². The summed E-state index contributed by atoms with van der Waals surface area (Å²) >= 11 is 0. The highest BCUT2D eigenvalue weighted by atomic mass is 15.0.